The summed E-state index contributed by atoms with van der Waals surface area (Å²) in [5.41, 5.74) is 10.7. The molecule has 0 spiro atoms. The Morgan fingerprint density at radius 1 is 1.26 bits per heavy atom. The minimum Gasteiger partial charge on any atom is -0.324 e. The van der Waals surface area contributed by atoms with Crippen LogP contribution in [0.2, 0.25) is 5.02 Å². The highest BCUT2D eigenvalue weighted by atomic mass is 35.5. The average Bonchev–Trinajstić information content (AvgIpc) is 2.42. The molecule has 0 fully saturated rings. The summed E-state index contributed by atoms with van der Waals surface area (Å²) in [4.78, 5) is 4.45. The molecule has 0 aliphatic rings. The number of pyridine rings is 1. The van der Waals surface area contributed by atoms with E-state index >= 15 is 0 Å². The van der Waals surface area contributed by atoms with Crippen LogP contribution in [0.1, 0.15) is 35.3 Å². The van der Waals surface area contributed by atoms with E-state index < -0.39 is 0 Å². The molecule has 3 heteroatoms. The first-order chi connectivity index (χ1) is 9.10. The van der Waals surface area contributed by atoms with E-state index in [9.17, 15) is 0 Å². The molecule has 2 N–H and O–H groups in total. The van der Waals surface area contributed by atoms with E-state index in [1.54, 1.807) is 0 Å². The highest BCUT2D eigenvalue weighted by molar-refractivity contribution is 6.31. The summed E-state index contributed by atoms with van der Waals surface area (Å²) in [5.74, 6) is 0. The van der Waals surface area contributed by atoms with Crippen molar-refractivity contribution in [1.29, 1.82) is 0 Å². The predicted molar refractivity (Wildman–Crippen MR) is 80.4 cm³/mol. The Kier molecular flexibility index (Phi) is 4.56. The maximum Gasteiger partial charge on any atom is 0.0435 e. The van der Waals surface area contributed by atoms with E-state index in [4.69, 9.17) is 17.3 Å². The molecule has 0 amide bonds. The third kappa shape index (κ3) is 3.55. The van der Waals surface area contributed by atoms with Crippen LogP contribution in [0.3, 0.4) is 0 Å². The largest absolute Gasteiger partial charge is 0.324 e. The molecule has 1 heterocycles. The van der Waals surface area contributed by atoms with Crippen molar-refractivity contribution in [3.63, 3.8) is 0 Å². The lowest BCUT2D eigenvalue weighted by molar-refractivity contribution is 0.705. The van der Waals surface area contributed by atoms with Gasteiger partial charge in [0.25, 0.3) is 0 Å². The molecule has 2 nitrogen and oxygen atoms in total. The van der Waals surface area contributed by atoms with Gasteiger partial charge in [-0.2, -0.15) is 0 Å². The van der Waals surface area contributed by atoms with Crippen LogP contribution in [-0.4, -0.2) is 4.98 Å². The fraction of sp³-hybridized carbons (Fsp3) is 0.312. The second-order valence-corrected chi connectivity index (χ2v) is 5.24. The SMILES string of the molecule is CCc1ccc(CC(N)c2ccc(Cl)c(C)c2)nc1. The summed E-state index contributed by atoms with van der Waals surface area (Å²) in [6, 6.07) is 10.1. The predicted octanol–water partition coefficient (Wildman–Crippen LogP) is 3.85. The molecule has 0 radical (unpaired) electrons. The first kappa shape index (κ1) is 14.0. The number of aromatic nitrogens is 1. The topological polar surface area (TPSA) is 38.9 Å². The van der Waals surface area contributed by atoms with Gasteiger partial charge >= 0.3 is 0 Å². The second kappa shape index (κ2) is 6.18. The van der Waals surface area contributed by atoms with Crippen LogP contribution in [-0.2, 0) is 12.8 Å². The van der Waals surface area contributed by atoms with Crippen LogP contribution in [0.25, 0.3) is 0 Å². The zero-order valence-electron chi connectivity index (χ0n) is 11.4. The van der Waals surface area contributed by atoms with Crippen LogP contribution in [0.4, 0.5) is 0 Å². The van der Waals surface area contributed by atoms with E-state index in [0.717, 1.165) is 34.7 Å². The van der Waals surface area contributed by atoms with Gasteiger partial charge in [0.15, 0.2) is 0 Å². The first-order valence-electron chi connectivity index (χ1n) is 6.55. The van der Waals surface area contributed by atoms with Gasteiger partial charge < -0.3 is 5.73 Å². The van der Waals surface area contributed by atoms with Crippen LogP contribution < -0.4 is 5.73 Å². The summed E-state index contributed by atoms with van der Waals surface area (Å²) >= 11 is 6.03. The van der Waals surface area contributed by atoms with Crippen molar-refractivity contribution in [3.05, 3.63) is 63.9 Å². The van der Waals surface area contributed by atoms with Crippen molar-refractivity contribution in [2.45, 2.75) is 32.7 Å². The van der Waals surface area contributed by atoms with Gasteiger partial charge in [0, 0.05) is 29.4 Å². The third-order valence-electron chi connectivity index (χ3n) is 3.33. The normalized spacial score (nSPS) is 12.4. The first-order valence-corrected chi connectivity index (χ1v) is 6.93. The lowest BCUT2D eigenvalue weighted by Gasteiger charge is -2.13. The zero-order chi connectivity index (χ0) is 13.8. The van der Waals surface area contributed by atoms with Gasteiger partial charge in [0.2, 0.25) is 0 Å². The highest BCUT2D eigenvalue weighted by Gasteiger charge is 2.09. The Morgan fingerprint density at radius 3 is 2.63 bits per heavy atom. The quantitative estimate of drug-likeness (QED) is 0.920. The van der Waals surface area contributed by atoms with Gasteiger partial charge in [-0.15, -0.1) is 0 Å². The number of nitrogens with two attached hydrogens (primary N) is 1. The zero-order valence-corrected chi connectivity index (χ0v) is 12.1. The summed E-state index contributed by atoms with van der Waals surface area (Å²) in [5, 5.41) is 0.779. The number of benzene rings is 1. The molecule has 0 aliphatic carbocycles. The Morgan fingerprint density at radius 2 is 2.05 bits per heavy atom. The Labute approximate surface area is 119 Å². The van der Waals surface area contributed by atoms with Gasteiger partial charge in [0.1, 0.15) is 0 Å². The van der Waals surface area contributed by atoms with Crippen molar-refractivity contribution in [2.75, 3.05) is 0 Å². The minimum absolute atomic E-state index is 0.0454. The molecular weight excluding hydrogens is 256 g/mol. The average molecular weight is 275 g/mol. The molecule has 100 valence electrons. The maximum absolute atomic E-state index is 6.23. The van der Waals surface area contributed by atoms with Crippen LogP contribution in [0, 0.1) is 6.92 Å². The maximum atomic E-state index is 6.23. The molecule has 19 heavy (non-hydrogen) atoms. The molecular formula is C16H19ClN2. The van der Waals surface area contributed by atoms with Crippen molar-refractivity contribution in [3.8, 4) is 0 Å². The van der Waals surface area contributed by atoms with E-state index in [1.807, 2.05) is 31.3 Å². The lowest BCUT2D eigenvalue weighted by Crippen LogP contribution is -2.14. The third-order valence-corrected chi connectivity index (χ3v) is 3.76. The monoisotopic (exact) mass is 274 g/mol. The van der Waals surface area contributed by atoms with Crippen molar-refractivity contribution in [2.24, 2.45) is 5.73 Å². The summed E-state index contributed by atoms with van der Waals surface area (Å²) in [6.07, 6.45) is 3.68. The standard InChI is InChI=1S/C16H19ClN2/c1-3-12-4-6-14(19-10-12)9-16(18)13-5-7-15(17)11(2)8-13/h4-8,10,16H,3,9,18H2,1-2H3. The fourth-order valence-electron chi connectivity index (χ4n) is 2.03. The second-order valence-electron chi connectivity index (χ2n) is 4.83. The molecule has 1 aromatic heterocycles. The molecule has 2 aromatic rings. The Hall–Kier alpha value is -1.38. The van der Waals surface area contributed by atoms with E-state index in [-0.39, 0.29) is 6.04 Å². The number of aryl methyl sites for hydroxylation is 2. The summed E-state index contributed by atoms with van der Waals surface area (Å²) in [6.45, 7) is 4.12. The fourth-order valence-corrected chi connectivity index (χ4v) is 2.14. The van der Waals surface area contributed by atoms with Crippen LogP contribution in [0.15, 0.2) is 36.5 Å². The number of halogens is 1. The number of hydrogen-bond donors (Lipinski definition) is 1. The molecule has 1 unspecified atom stereocenters. The van der Waals surface area contributed by atoms with Crippen molar-refractivity contribution in [1.82, 2.24) is 4.98 Å². The van der Waals surface area contributed by atoms with E-state index in [0.29, 0.717) is 0 Å². The van der Waals surface area contributed by atoms with E-state index in [2.05, 4.69) is 24.0 Å². The molecule has 0 saturated carbocycles. The summed E-state index contributed by atoms with van der Waals surface area (Å²) in [7, 11) is 0. The highest BCUT2D eigenvalue weighted by Crippen LogP contribution is 2.21. The molecule has 1 aromatic carbocycles. The Balaban J connectivity index is 2.10. The number of nitrogens with zero attached hydrogens (tertiary/aromatic N) is 1. The summed E-state index contributed by atoms with van der Waals surface area (Å²) < 4.78 is 0. The molecule has 2 rings (SSSR count). The molecule has 1 atom stereocenters. The Bertz CT molecular complexity index is 549. The number of hydrogen-bond acceptors (Lipinski definition) is 2. The van der Waals surface area contributed by atoms with Gasteiger partial charge in [0.05, 0.1) is 0 Å². The van der Waals surface area contributed by atoms with Gasteiger partial charge in [-0.1, -0.05) is 36.7 Å². The van der Waals surface area contributed by atoms with Crippen LogP contribution >= 0.6 is 11.6 Å². The molecule has 0 bridgehead atoms. The molecule has 0 aliphatic heterocycles. The minimum atomic E-state index is -0.0454. The van der Waals surface area contributed by atoms with E-state index in [1.165, 1.54) is 5.56 Å². The van der Waals surface area contributed by atoms with Gasteiger partial charge in [-0.05, 0) is 42.2 Å². The van der Waals surface area contributed by atoms with Gasteiger partial charge in [-0.25, -0.2) is 0 Å². The lowest BCUT2D eigenvalue weighted by atomic mass is 10.0. The van der Waals surface area contributed by atoms with Crippen LogP contribution in [0.5, 0.6) is 0 Å². The van der Waals surface area contributed by atoms with Crippen molar-refractivity contribution >= 4 is 11.6 Å². The van der Waals surface area contributed by atoms with Gasteiger partial charge in [-0.3, -0.25) is 4.98 Å². The number of rotatable bonds is 4. The smallest absolute Gasteiger partial charge is 0.0435 e. The van der Waals surface area contributed by atoms with Crippen molar-refractivity contribution < 1.29 is 0 Å². The molecule has 0 saturated heterocycles.